The van der Waals surface area contributed by atoms with Crippen LogP contribution >= 0.6 is 11.3 Å². The second kappa shape index (κ2) is 3.67. The Balaban J connectivity index is 1.84. The Bertz CT molecular complexity index is 319. The van der Waals surface area contributed by atoms with E-state index in [1.165, 1.54) is 17.8 Å². The van der Waals surface area contributed by atoms with Crippen LogP contribution in [-0.2, 0) is 0 Å². The summed E-state index contributed by atoms with van der Waals surface area (Å²) in [7, 11) is 0. The third-order valence-corrected chi connectivity index (χ3v) is 3.38. The standard InChI is InChI=1S/C9H13N3OS/c10-9(2-1-3-9)5-12-8(13)7-4-11-6-14-7/h4,6H,1-3,5,10H2,(H,12,13). The van der Waals surface area contributed by atoms with Crippen LogP contribution in [0, 0.1) is 0 Å². The number of amides is 1. The molecule has 1 aromatic rings. The van der Waals surface area contributed by atoms with Gasteiger partial charge in [0, 0.05) is 12.1 Å². The smallest absolute Gasteiger partial charge is 0.263 e. The number of hydrogen-bond acceptors (Lipinski definition) is 4. The van der Waals surface area contributed by atoms with Gasteiger partial charge in [0.25, 0.3) is 5.91 Å². The fourth-order valence-corrected chi connectivity index (χ4v) is 2.02. The van der Waals surface area contributed by atoms with Crippen LogP contribution in [0.1, 0.15) is 28.9 Å². The number of nitrogens with one attached hydrogen (secondary N) is 1. The number of rotatable bonds is 3. The van der Waals surface area contributed by atoms with E-state index in [1.54, 1.807) is 11.7 Å². The molecule has 1 saturated carbocycles. The zero-order valence-corrected chi connectivity index (χ0v) is 8.64. The van der Waals surface area contributed by atoms with E-state index in [9.17, 15) is 4.79 Å². The molecule has 0 atom stereocenters. The van der Waals surface area contributed by atoms with Crippen molar-refractivity contribution in [1.29, 1.82) is 0 Å². The number of hydrogen-bond donors (Lipinski definition) is 2. The summed E-state index contributed by atoms with van der Waals surface area (Å²) in [6.45, 7) is 0.573. The van der Waals surface area contributed by atoms with Crippen molar-refractivity contribution in [3.63, 3.8) is 0 Å². The predicted octanol–water partition coefficient (Wildman–Crippen LogP) is 0.754. The summed E-state index contributed by atoms with van der Waals surface area (Å²) >= 11 is 1.34. The van der Waals surface area contributed by atoms with Crippen molar-refractivity contribution in [2.45, 2.75) is 24.8 Å². The van der Waals surface area contributed by atoms with Crippen molar-refractivity contribution >= 4 is 17.2 Å². The fourth-order valence-electron chi connectivity index (χ4n) is 1.48. The lowest BCUT2D eigenvalue weighted by Gasteiger charge is -2.38. The van der Waals surface area contributed by atoms with Gasteiger partial charge in [-0.1, -0.05) is 0 Å². The molecule has 1 aliphatic carbocycles. The molecule has 0 bridgehead atoms. The van der Waals surface area contributed by atoms with E-state index in [2.05, 4.69) is 10.3 Å². The van der Waals surface area contributed by atoms with Gasteiger partial charge < -0.3 is 11.1 Å². The summed E-state index contributed by atoms with van der Waals surface area (Å²) < 4.78 is 0. The van der Waals surface area contributed by atoms with Gasteiger partial charge in [0.1, 0.15) is 4.88 Å². The Kier molecular flexibility index (Phi) is 2.52. The molecule has 0 saturated heterocycles. The van der Waals surface area contributed by atoms with Crippen molar-refractivity contribution in [3.05, 3.63) is 16.6 Å². The average molecular weight is 211 g/mol. The highest BCUT2D eigenvalue weighted by molar-refractivity contribution is 7.11. The minimum Gasteiger partial charge on any atom is -0.349 e. The van der Waals surface area contributed by atoms with E-state index in [1.807, 2.05) is 0 Å². The second-order valence-electron chi connectivity index (χ2n) is 3.76. The summed E-state index contributed by atoms with van der Waals surface area (Å²) in [6.07, 6.45) is 4.77. The van der Waals surface area contributed by atoms with Crippen LogP contribution in [0.25, 0.3) is 0 Å². The molecule has 0 aromatic carbocycles. The molecule has 0 aliphatic heterocycles. The minimum absolute atomic E-state index is 0.0655. The van der Waals surface area contributed by atoms with Crippen molar-refractivity contribution in [1.82, 2.24) is 10.3 Å². The van der Waals surface area contributed by atoms with Crippen molar-refractivity contribution in [2.24, 2.45) is 5.73 Å². The van der Waals surface area contributed by atoms with Crippen LogP contribution in [0.4, 0.5) is 0 Å². The molecule has 1 amide bonds. The van der Waals surface area contributed by atoms with E-state index >= 15 is 0 Å². The molecule has 14 heavy (non-hydrogen) atoms. The Morgan fingerprint density at radius 2 is 2.50 bits per heavy atom. The van der Waals surface area contributed by atoms with E-state index in [4.69, 9.17) is 5.73 Å². The van der Waals surface area contributed by atoms with Gasteiger partial charge in [-0.15, -0.1) is 11.3 Å². The molecular formula is C9H13N3OS. The number of nitrogens with two attached hydrogens (primary N) is 1. The summed E-state index contributed by atoms with van der Waals surface area (Å²) in [4.78, 5) is 16.0. The SMILES string of the molecule is NC1(CNC(=O)c2cncs2)CCC1. The molecule has 0 radical (unpaired) electrons. The summed E-state index contributed by atoms with van der Waals surface area (Å²) in [5.74, 6) is -0.0655. The molecule has 1 aromatic heterocycles. The zero-order valence-electron chi connectivity index (χ0n) is 7.82. The van der Waals surface area contributed by atoms with E-state index < -0.39 is 0 Å². The number of thiazole rings is 1. The van der Waals surface area contributed by atoms with Crippen LogP contribution in [0.2, 0.25) is 0 Å². The monoisotopic (exact) mass is 211 g/mol. The molecule has 2 rings (SSSR count). The number of carbonyl (C=O) groups excluding carboxylic acids is 1. The van der Waals surface area contributed by atoms with Crippen molar-refractivity contribution < 1.29 is 4.79 Å². The van der Waals surface area contributed by atoms with Crippen LogP contribution in [0.5, 0.6) is 0 Å². The van der Waals surface area contributed by atoms with Crippen molar-refractivity contribution in [2.75, 3.05) is 6.54 Å². The third kappa shape index (κ3) is 1.93. The molecule has 0 unspecified atom stereocenters. The van der Waals surface area contributed by atoms with E-state index in [0.29, 0.717) is 11.4 Å². The molecule has 76 valence electrons. The topological polar surface area (TPSA) is 68.0 Å². The molecule has 4 nitrogen and oxygen atoms in total. The van der Waals surface area contributed by atoms with Crippen LogP contribution < -0.4 is 11.1 Å². The van der Waals surface area contributed by atoms with Gasteiger partial charge in [0.05, 0.1) is 11.7 Å². The quantitative estimate of drug-likeness (QED) is 0.775. The molecule has 3 N–H and O–H groups in total. The Hall–Kier alpha value is -0.940. The largest absolute Gasteiger partial charge is 0.349 e. The highest BCUT2D eigenvalue weighted by Gasteiger charge is 2.32. The molecular weight excluding hydrogens is 198 g/mol. The Morgan fingerprint density at radius 1 is 1.71 bits per heavy atom. The normalized spacial score (nSPS) is 18.6. The summed E-state index contributed by atoms with van der Waals surface area (Å²) in [5.41, 5.74) is 7.47. The molecule has 1 heterocycles. The maximum absolute atomic E-state index is 11.5. The van der Waals surface area contributed by atoms with E-state index in [-0.39, 0.29) is 11.4 Å². The average Bonchev–Trinajstić information content (AvgIpc) is 2.63. The Morgan fingerprint density at radius 3 is 3.00 bits per heavy atom. The van der Waals surface area contributed by atoms with Gasteiger partial charge in [-0.25, -0.2) is 0 Å². The fraction of sp³-hybridized carbons (Fsp3) is 0.556. The zero-order chi connectivity index (χ0) is 10.0. The first-order chi connectivity index (χ1) is 6.70. The van der Waals surface area contributed by atoms with Crippen molar-refractivity contribution in [3.8, 4) is 0 Å². The van der Waals surface area contributed by atoms with Gasteiger partial charge in [-0.3, -0.25) is 9.78 Å². The van der Waals surface area contributed by atoms with Crippen LogP contribution in [0.15, 0.2) is 11.7 Å². The third-order valence-electron chi connectivity index (χ3n) is 2.61. The lowest BCUT2D eigenvalue weighted by atomic mass is 9.78. The first kappa shape index (κ1) is 9.61. The van der Waals surface area contributed by atoms with Gasteiger partial charge in [-0.05, 0) is 19.3 Å². The number of aromatic nitrogens is 1. The lowest BCUT2D eigenvalue weighted by molar-refractivity contribution is 0.0933. The molecule has 1 aliphatic rings. The van der Waals surface area contributed by atoms with Gasteiger partial charge in [-0.2, -0.15) is 0 Å². The Labute approximate surface area is 86.5 Å². The first-order valence-corrected chi connectivity index (χ1v) is 5.53. The maximum atomic E-state index is 11.5. The highest BCUT2D eigenvalue weighted by atomic mass is 32.1. The molecule has 1 fully saturated rings. The van der Waals surface area contributed by atoms with E-state index in [0.717, 1.165) is 12.8 Å². The van der Waals surface area contributed by atoms with Gasteiger partial charge in [0.15, 0.2) is 0 Å². The van der Waals surface area contributed by atoms with Gasteiger partial charge in [0.2, 0.25) is 0 Å². The highest BCUT2D eigenvalue weighted by Crippen LogP contribution is 2.28. The second-order valence-corrected chi connectivity index (χ2v) is 4.65. The predicted molar refractivity (Wildman–Crippen MR) is 55.2 cm³/mol. The summed E-state index contributed by atoms with van der Waals surface area (Å²) in [6, 6.07) is 0. The van der Waals surface area contributed by atoms with Gasteiger partial charge >= 0.3 is 0 Å². The number of carbonyl (C=O) groups is 1. The summed E-state index contributed by atoms with van der Waals surface area (Å²) in [5, 5.41) is 2.83. The number of nitrogens with zero attached hydrogens (tertiary/aromatic N) is 1. The van der Waals surface area contributed by atoms with Crippen LogP contribution in [-0.4, -0.2) is 23.0 Å². The molecule has 5 heteroatoms. The molecule has 0 spiro atoms. The first-order valence-electron chi connectivity index (χ1n) is 4.65. The van der Waals surface area contributed by atoms with Crippen LogP contribution in [0.3, 0.4) is 0 Å². The maximum Gasteiger partial charge on any atom is 0.263 e. The minimum atomic E-state index is -0.152. The lowest BCUT2D eigenvalue weighted by Crippen LogP contribution is -2.54.